The Kier molecular flexibility index (Phi) is 2.32. The van der Waals surface area contributed by atoms with Crippen molar-refractivity contribution in [1.29, 1.82) is 0 Å². The van der Waals surface area contributed by atoms with Crippen LogP contribution in [0.5, 0.6) is 0 Å². The molecule has 86 valence electrons. The highest BCUT2D eigenvalue weighted by Crippen LogP contribution is 2.38. The Morgan fingerprint density at radius 3 is 2.94 bits per heavy atom. The third kappa shape index (κ3) is 1.57. The van der Waals surface area contributed by atoms with Gasteiger partial charge in [-0.1, -0.05) is 0 Å². The minimum atomic E-state index is 0.498. The van der Waals surface area contributed by atoms with Gasteiger partial charge in [0, 0.05) is 24.8 Å². The van der Waals surface area contributed by atoms with Gasteiger partial charge in [-0.3, -0.25) is 0 Å². The van der Waals surface area contributed by atoms with E-state index in [-0.39, 0.29) is 0 Å². The number of nitrogens with two attached hydrogens (primary N) is 1. The zero-order chi connectivity index (χ0) is 11.1. The molecule has 2 fully saturated rings. The molecule has 1 aromatic rings. The van der Waals surface area contributed by atoms with Gasteiger partial charge in [-0.25, -0.2) is 9.97 Å². The third-order valence-corrected chi connectivity index (χ3v) is 3.77. The number of rotatable bonds is 2. The van der Waals surface area contributed by atoms with Gasteiger partial charge >= 0.3 is 0 Å². The van der Waals surface area contributed by atoms with Crippen molar-refractivity contribution >= 4 is 5.95 Å². The van der Waals surface area contributed by atoms with E-state index in [2.05, 4.69) is 14.9 Å². The van der Waals surface area contributed by atoms with Crippen molar-refractivity contribution in [2.45, 2.75) is 38.8 Å². The lowest BCUT2D eigenvalue weighted by molar-refractivity contribution is 0.545. The number of aryl methyl sites for hydroxylation is 1. The van der Waals surface area contributed by atoms with Crippen LogP contribution >= 0.6 is 0 Å². The maximum Gasteiger partial charge on any atom is 0.226 e. The lowest BCUT2D eigenvalue weighted by atomic mass is 10.1. The number of piperidine rings is 1. The van der Waals surface area contributed by atoms with Crippen LogP contribution < -0.4 is 10.6 Å². The second-order valence-corrected chi connectivity index (χ2v) is 4.99. The van der Waals surface area contributed by atoms with Crippen LogP contribution in [0.15, 0.2) is 6.07 Å². The molecule has 2 atom stereocenters. The number of hydrogen-bond acceptors (Lipinski definition) is 4. The number of anilines is 1. The van der Waals surface area contributed by atoms with Crippen molar-refractivity contribution in [3.05, 3.63) is 17.5 Å². The van der Waals surface area contributed by atoms with Gasteiger partial charge in [0.1, 0.15) is 0 Å². The number of hydrogen-bond donors (Lipinski definition) is 1. The molecular formula is C12H18N4. The minimum Gasteiger partial charge on any atom is -0.338 e. The monoisotopic (exact) mass is 218 g/mol. The highest BCUT2D eigenvalue weighted by Gasteiger charge is 2.39. The Labute approximate surface area is 95.9 Å². The molecule has 2 unspecified atom stereocenters. The third-order valence-electron chi connectivity index (χ3n) is 3.77. The second kappa shape index (κ2) is 3.70. The van der Waals surface area contributed by atoms with E-state index in [4.69, 9.17) is 5.73 Å². The highest BCUT2D eigenvalue weighted by molar-refractivity contribution is 5.37. The van der Waals surface area contributed by atoms with E-state index in [1.54, 1.807) is 0 Å². The minimum absolute atomic E-state index is 0.498. The maximum absolute atomic E-state index is 5.65. The van der Waals surface area contributed by atoms with E-state index >= 15 is 0 Å². The van der Waals surface area contributed by atoms with E-state index in [1.165, 1.54) is 19.3 Å². The van der Waals surface area contributed by atoms with E-state index in [1.807, 2.05) is 13.0 Å². The maximum atomic E-state index is 5.65. The second-order valence-electron chi connectivity index (χ2n) is 4.99. The molecule has 1 aliphatic heterocycles. The molecule has 0 radical (unpaired) electrons. The molecule has 0 spiro atoms. The molecular weight excluding hydrogens is 200 g/mol. The molecule has 1 saturated heterocycles. The van der Waals surface area contributed by atoms with E-state index < -0.39 is 0 Å². The largest absolute Gasteiger partial charge is 0.338 e. The first-order valence-electron chi connectivity index (χ1n) is 6.07. The molecule has 1 saturated carbocycles. The van der Waals surface area contributed by atoms with Crippen LogP contribution in [0.2, 0.25) is 0 Å². The van der Waals surface area contributed by atoms with Crippen LogP contribution in [0.1, 0.15) is 30.7 Å². The molecule has 4 heteroatoms. The summed E-state index contributed by atoms with van der Waals surface area (Å²) < 4.78 is 0. The predicted molar refractivity (Wildman–Crippen MR) is 63.1 cm³/mol. The first kappa shape index (κ1) is 10.0. The molecule has 2 N–H and O–H groups in total. The lowest BCUT2D eigenvalue weighted by Crippen LogP contribution is -2.33. The van der Waals surface area contributed by atoms with Crippen molar-refractivity contribution in [2.24, 2.45) is 11.7 Å². The molecule has 3 rings (SSSR count). The van der Waals surface area contributed by atoms with Crippen molar-refractivity contribution in [2.75, 3.05) is 11.4 Å². The normalized spacial score (nSPS) is 27.8. The van der Waals surface area contributed by atoms with Gasteiger partial charge in [0.15, 0.2) is 0 Å². The van der Waals surface area contributed by atoms with Crippen LogP contribution in [-0.4, -0.2) is 22.6 Å². The molecule has 2 bridgehead atoms. The predicted octanol–water partition coefficient (Wildman–Crippen LogP) is 1.23. The summed E-state index contributed by atoms with van der Waals surface area (Å²) in [7, 11) is 0. The molecule has 1 aromatic heterocycles. The molecule has 2 heterocycles. The van der Waals surface area contributed by atoms with Gasteiger partial charge in [0.2, 0.25) is 5.95 Å². The van der Waals surface area contributed by atoms with Crippen molar-refractivity contribution in [1.82, 2.24) is 9.97 Å². The standard InChI is InChI=1S/C12H18N4/c1-8-4-10(6-13)15-12(14-8)16-7-9-2-3-11(16)5-9/h4,9,11H,2-3,5-7,13H2,1H3. The zero-order valence-electron chi connectivity index (χ0n) is 9.69. The lowest BCUT2D eigenvalue weighted by Gasteiger charge is -2.27. The van der Waals surface area contributed by atoms with Gasteiger partial charge < -0.3 is 10.6 Å². The summed E-state index contributed by atoms with van der Waals surface area (Å²) in [4.78, 5) is 11.5. The summed E-state index contributed by atoms with van der Waals surface area (Å²) in [6.45, 7) is 3.65. The molecule has 0 amide bonds. The summed E-state index contributed by atoms with van der Waals surface area (Å²) in [5.74, 6) is 1.77. The SMILES string of the molecule is Cc1cc(CN)nc(N2CC3CCC2C3)n1. The average Bonchev–Trinajstić information content (AvgIpc) is 2.89. The summed E-state index contributed by atoms with van der Waals surface area (Å²) in [5, 5.41) is 0. The topological polar surface area (TPSA) is 55.0 Å². The van der Waals surface area contributed by atoms with E-state index in [9.17, 15) is 0 Å². The molecule has 4 nitrogen and oxygen atoms in total. The Morgan fingerprint density at radius 2 is 2.31 bits per heavy atom. The van der Waals surface area contributed by atoms with Gasteiger partial charge in [0.25, 0.3) is 0 Å². The zero-order valence-corrected chi connectivity index (χ0v) is 9.69. The van der Waals surface area contributed by atoms with Crippen LogP contribution in [0.3, 0.4) is 0 Å². The highest BCUT2D eigenvalue weighted by atomic mass is 15.3. The summed E-state index contributed by atoms with van der Waals surface area (Å²) >= 11 is 0. The summed E-state index contributed by atoms with van der Waals surface area (Å²) in [5.41, 5.74) is 7.62. The van der Waals surface area contributed by atoms with Crippen LogP contribution in [0, 0.1) is 12.8 Å². The Balaban J connectivity index is 1.91. The van der Waals surface area contributed by atoms with Gasteiger partial charge in [-0.05, 0) is 38.2 Å². The van der Waals surface area contributed by atoms with Crippen LogP contribution in [0.4, 0.5) is 5.95 Å². The van der Waals surface area contributed by atoms with Crippen molar-refractivity contribution in [3.63, 3.8) is 0 Å². The first-order valence-corrected chi connectivity index (χ1v) is 6.07. The fraction of sp³-hybridized carbons (Fsp3) is 0.667. The fourth-order valence-electron chi connectivity index (χ4n) is 3.02. The van der Waals surface area contributed by atoms with Crippen molar-refractivity contribution < 1.29 is 0 Å². The molecule has 16 heavy (non-hydrogen) atoms. The Hall–Kier alpha value is -1.16. The van der Waals surface area contributed by atoms with Crippen molar-refractivity contribution in [3.8, 4) is 0 Å². The molecule has 1 aliphatic carbocycles. The summed E-state index contributed by atoms with van der Waals surface area (Å²) in [6, 6.07) is 2.65. The Morgan fingerprint density at radius 1 is 1.44 bits per heavy atom. The average molecular weight is 218 g/mol. The molecule has 0 aromatic carbocycles. The first-order chi connectivity index (χ1) is 7.76. The van der Waals surface area contributed by atoms with Gasteiger partial charge in [-0.2, -0.15) is 0 Å². The van der Waals surface area contributed by atoms with E-state index in [0.717, 1.165) is 29.8 Å². The Bertz CT molecular complexity index is 404. The quantitative estimate of drug-likeness (QED) is 0.811. The smallest absolute Gasteiger partial charge is 0.226 e. The van der Waals surface area contributed by atoms with Gasteiger partial charge in [-0.15, -0.1) is 0 Å². The number of aromatic nitrogens is 2. The fourth-order valence-corrected chi connectivity index (χ4v) is 3.02. The van der Waals surface area contributed by atoms with Gasteiger partial charge in [0.05, 0.1) is 5.69 Å². The number of nitrogens with zero attached hydrogens (tertiary/aromatic N) is 3. The van der Waals surface area contributed by atoms with E-state index in [0.29, 0.717) is 12.6 Å². The molecule has 2 aliphatic rings. The van der Waals surface area contributed by atoms with Crippen LogP contribution in [0.25, 0.3) is 0 Å². The summed E-state index contributed by atoms with van der Waals surface area (Å²) in [6.07, 6.45) is 4.02. The number of fused-ring (bicyclic) bond motifs is 2. The van der Waals surface area contributed by atoms with Crippen LogP contribution in [-0.2, 0) is 6.54 Å².